The van der Waals surface area contributed by atoms with E-state index in [0.29, 0.717) is 15.2 Å². The molecule has 2 nitrogen and oxygen atoms in total. The summed E-state index contributed by atoms with van der Waals surface area (Å²) in [5.74, 6) is 1.05. The Balaban J connectivity index is 2.13. The van der Waals surface area contributed by atoms with Crippen LogP contribution in [0.1, 0.15) is 68.9 Å². The van der Waals surface area contributed by atoms with Crippen molar-refractivity contribution in [2.24, 2.45) is 4.99 Å². The molecule has 0 N–H and O–H groups in total. The van der Waals surface area contributed by atoms with Gasteiger partial charge in [-0.25, -0.2) is 0 Å². The first-order valence-corrected chi connectivity index (χ1v) is 12.8. The Morgan fingerprint density at radius 1 is 0.909 bits per heavy atom. The molecule has 0 saturated carbocycles. The number of nitrogens with zero attached hydrogens (tertiary/aromatic N) is 1. The first kappa shape index (κ1) is 25.2. The third-order valence-electron chi connectivity index (χ3n) is 6.21. The van der Waals surface area contributed by atoms with Gasteiger partial charge in [-0.2, -0.15) is 0 Å². The van der Waals surface area contributed by atoms with Crippen molar-refractivity contribution in [2.45, 2.75) is 65.1 Å². The van der Waals surface area contributed by atoms with Gasteiger partial charge in [0.2, 0.25) is 0 Å². The Labute approximate surface area is 202 Å². The fourth-order valence-electron chi connectivity index (χ4n) is 4.13. The maximum absolute atomic E-state index is 6.68. The summed E-state index contributed by atoms with van der Waals surface area (Å²) in [5.41, 5.74) is 6.25. The van der Waals surface area contributed by atoms with Gasteiger partial charge in [-0.05, 0) is 35.2 Å². The second-order valence-electron chi connectivity index (χ2n) is 10.00. The van der Waals surface area contributed by atoms with Crippen LogP contribution in [-0.4, -0.2) is 13.3 Å². The number of aliphatic imine (C=N–C) groups is 1. The van der Waals surface area contributed by atoms with Crippen molar-refractivity contribution in [3.63, 3.8) is 0 Å². The summed E-state index contributed by atoms with van der Waals surface area (Å²) in [6, 6.07) is 23.7. The van der Waals surface area contributed by atoms with Crippen LogP contribution in [-0.2, 0) is 17.2 Å². The number of rotatable bonds is 8. The fraction of sp³-hybridized carbons (Fsp3) is 0.367. The average Bonchev–Trinajstić information content (AvgIpc) is 2.79. The highest BCUT2D eigenvalue weighted by molar-refractivity contribution is 7.48. The van der Waals surface area contributed by atoms with E-state index in [4.69, 9.17) is 4.74 Å². The molecule has 0 radical (unpaired) electrons. The van der Waals surface area contributed by atoms with E-state index in [1.807, 2.05) is 19.3 Å². The summed E-state index contributed by atoms with van der Waals surface area (Å²) in [6.07, 6.45) is 3.00. The molecule has 0 aliphatic carbocycles. The molecule has 33 heavy (non-hydrogen) atoms. The zero-order chi connectivity index (χ0) is 24.1. The molecule has 0 fully saturated rings. The van der Waals surface area contributed by atoms with E-state index in [9.17, 15) is 0 Å². The predicted octanol–water partition coefficient (Wildman–Crippen LogP) is 7.55. The highest BCUT2D eigenvalue weighted by atomic mass is 31.1. The average molecular weight is 460 g/mol. The van der Waals surface area contributed by atoms with E-state index in [-0.39, 0.29) is 10.6 Å². The first-order valence-electron chi connectivity index (χ1n) is 11.8. The van der Waals surface area contributed by atoms with Gasteiger partial charge in [0.05, 0.1) is 0 Å². The molecule has 0 amide bonds. The molecule has 2 unspecified atom stereocenters. The van der Waals surface area contributed by atoms with Crippen molar-refractivity contribution >= 4 is 20.1 Å². The smallest absolute Gasteiger partial charge is 0.127 e. The van der Waals surface area contributed by atoms with Crippen LogP contribution >= 0.6 is 8.58 Å². The van der Waals surface area contributed by atoms with Crippen molar-refractivity contribution in [1.82, 2.24) is 0 Å². The van der Waals surface area contributed by atoms with Gasteiger partial charge < -0.3 is 4.74 Å². The first-order chi connectivity index (χ1) is 15.7. The van der Waals surface area contributed by atoms with Gasteiger partial charge in [0, 0.05) is 29.5 Å². The maximum Gasteiger partial charge on any atom is 0.127 e. The Hall–Kier alpha value is -2.44. The third-order valence-corrected chi connectivity index (χ3v) is 8.11. The lowest BCUT2D eigenvalue weighted by atomic mass is 9.81. The zero-order valence-corrected chi connectivity index (χ0v) is 22.2. The Morgan fingerprint density at radius 2 is 1.55 bits per heavy atom. The molecule has 174 valence electrons. The highest BCUT2D eigenvalue weighted by Crippen LogP contribution is 2.50. The second-order valence-corrected chi connectivity index (χ2v) is 11.9. The SMILES string of the molecule is CCC(C)(Pc1ccccc1C=NC)c1cc(C)cc(C(C)(C)C)c1OCc1ccccc1. The Kier molecular flexibility index (Phi) is 8.14. The third kappa shape index (κ3) is 6.12. The van der Waals surface area contributed by atoms with E-state index >= 15 is 0 Å². The minimum atomic E-state index is -0.0459. The topological polar surface area (TPSA) is 21.6 Å². The fourth-order valence-corrected chi connectivity index (χ4v) is 5.69. The molecule has 3 heteroatoms. The van der Waals surface area contributed by atoms with E-state index in [1.165, 1.54) is 33.1 Å². The van der Waals surface area contributed by atoms with Crippen molar-refractivity contribution in [1.29, 1.82) is 0 Å². The molecule has 0 saturated heterocycles. The molecule has 0 aliphatic rings. The Bertz CT molecular complexity index is 1100. The van der Waals surface area contributed by atoms with Crippen LogP contribution in [0.25, 0.3) is 0 Å². The molecular formula is C30H38NOP. The van der Waals surface area contributed by atoms with Crippen molar-refractivity contribution in [3.05, 3.63) is 94.5 Å². The van der Waals surface area contributed by atoms with Crippen LogP contribution in [0, 0.1) is 6.92 Å². The van der Waals surface area contributed by atoms with E-state index in [1.54, 1.807) is 0 Å². The number of benzene rings is 3. The van der Waals surface area contributed by atoms with E-state index in [2.05, 4.69) is 107 Å². The molecule has 0 aliphatic heterocycles. The monoisotopic (exact) mass is 459 g/mol. The standard InChI is InChI=1S/C30H38NOP/c1-8-30(6,33-27-17-13-12-16-24(27)20-31-7)26-19-22(2)18-25(29(3,4)5)28(26)32-21-23-14-10-9-11-15-23/h9-20,33H,8,21H2,1-7H3. The van der Waals surface area contributed by atoms with Gasteiger partial charge in [0.25, 0.3) is 0 Å². The number of hydrogen-bond acceptors (Lipinski definition) is 2. The van der Waals surface area contributed by atoms with Gasteiger partial charge in [-0.15, -0.1) is 0 Å². The summed E-state index contributed by atoms with van der Waals surface area (Å²) in [5, 5.41) is 1.30. The summed E-state index contributed by atoms with van der Waals surface area (Å²) in [6.45, 7) is 14.3. The minimum absolute atomic E-state index is 0.0165. The molecular weight excluding hydrogens is 421 g/mol. The maximum atomic E-state index is 6.68. The molecule has 3 aromatic carbocycles. The summed E-state index contributed by atoms with van der Waals surface area (Å²) in [7, 11) is 2.44. The lowest BCUT2D eigenvalue weighted by molar-refractivity contribution is 0.291. The van der Waals surface area contributed by atoms with Crippen LogP contribution in [0.15, 0.2) is 71.7 Å². The van der Waals surface area contributed by atoms with Crippen LogP contribution in [0.2, 0.25) is 0 Å². The lowest BCUT2D eigenvalue weighted by Gasteiger charge is -2.35. The normalized spacial score (nSPS) is 14.2. The van der Waals surface area contributed by atoms with Crippen LogP contribution in [0.5, 0.6) is 5.75 Å². The molecule has 0 spiro atoms. The van der Waals surface area contributed by atoms with Gasteiger partial charge in [0.1, 0.15) is 12.4 Å². The largest absolute Gasteiger partial charge is 0.488 e. The Morgan fingerprint density at radius 3 is 2.18 bits per heavy atom. The van der Waals surface area contributed by atoms with E-state index in [0.717, 1.165) is 12.2 Å². The zero-order valence-electron chi connectivity index (χ0n) is 21.2. The highest BCUT2D eigenvalue weighted by Gasteiger charge is 2.33. The van der Waals surface area contributed by atoms with Crippen LogP contribution in [0.4, 0.5) is 0 Å². The molecule has 2 atom stereocenters. The van der Waals surface area contributed by atoms with Crippen LogP contribution < -0.4 is 10.0 Å². The summed E-state index contributed by atoms with van der Waals surface area (Å²) < 4.78 is 6.68. The molecule has 0 bridgehead atoms. The number of hydrogen-bond donors (Lipinski definition) is 0. The quantitative estimate of drug-likeness (QED) is 0.252. The van der Waals surface area contributed by atoms with Gasteiger partial charge in [0.15, 0.2) is 0 Å². The minimum Gasteiger partial charge on any atom is -0.488 e. The number of ether oxygens (including phenoxy) is 1. The molecule has 0 aromatic heterocycles. The second kappa shape index (κ2) is 10.7. The van der Waals surface area contributed by atoms with Crippen molar-refractivity contribution in [2.75, 3.05) is 7.05 Å². The number of aryl methyl sites for hydroxylation is 1. The molecule has 3 rings (SSSR count). The van der Waals surface area contributed by atoms with E-state index < -0.39 is 0 Å². The lowest BCUT2D eigenvalue weighted by Crippen LogP contribution is -2.24. The van der Waals surface area contributed by atoms with Gasteiger partial charge in [-0.1, -0.05) is 115 Å². The van der Waals surface area contributed by atoms with Crippen molar-refractivity contribution < 1.29 is 4.74 Å². The molecule has 0 heterocycles. The molecule has 3 aromatic rings. The van der Waals surface area contributed by atoms with Gasteiger partial charge >= 0.3 is 0 Å². The summed E-state index contributed by atoms with van der Waals surface area (Å²) >= 11 is 0. The van der Waals surface area contributed by atoms with Crippen LogP contribution in [0.3, 0.4) is 0 Å². The van der Waals surface area contributed by atoms with Crippen molar-refractivity contribution in [3.8, 4) is 5.75 Å². The summed E-state index contributed by atoms with van der Waals surface area (Å²) in [4.78, 5) is 4.29. The predicted molar refractivity (Wildman–Crippen MR) is 146 cm³/mol. The van der Waals surface area contributed by atoms with Gasteiger partial charge in [-0.3, -0.25) is 4.99 Å².